The van der Waals surface area contributed by atoms with Gasteiger partial charge in [-0.25, -0.2) is 4.79 Å². The first-order valence-corrected chi connectivity index (χ1v) is 6.63. The van der Waals surface area contributed by atoms with Gasteiger partial charge >= 0.3 is 12.1 Å². The zero-order valence-corrected chi connectivity index (χ0v) is 12.9. The van der Waals surface area contributed by atoms with E-state index in [4.69, 9.17) is 11.6 Å². The van der Waals surface area contributed by atoms with Crippen LogP contribution in [0.25, 0.3) is 0 Å². The van der Waals surface area contributed by atoms with Gasteiger partial charge in [0.25, 0.3) is 5.91 Å². The molecule has 8 heteroatoms. The second kappa shape index (κ2) is 6.56. The smallest absolute Gasteiger partial charge is 0.417 e. The summed E-state index contributed by atoms with van der Waals surface area (Å²) in [6, 6.07) is 2.94. The molecule has 1 aromatic carbocycles. The minimum atomic E-state index is -4.76. The van der Waals surface area contributed by atoms with Crippen molar-refractivity contribution in [1.29, 1.82) is 0 Å². The lowest BCUT2D eigenvalue weighted by Gasteiger charge is -2.20. The Hall–Kier alpha value is -1.76. The van der Waals surface area contributed by atoms with E-state index < -0.39 is 46.3 Å². The van der Waals surface area contributed by atoms with Crippen LogP contribution in [0.4, 0.5) is 13.2 Å². The molecule has 0 radical (unpaired) electrons. The third kappa shape index (κ3) is 5.22. The maximum atomic E-state index is 12.9. The third-order valence-electron chi connectivity index (χ3n) is 2.37. The number of amides is 1. The van der Waals surface area contributed by atoms with Crippen molar-refractivity contribution in [3.8, 4) is 0 Å². The lowest BCUT2D eigenvalue weighted by atomic mass is 10.1. The molecule has 0 heterocycles. The van der Waals surface area contributed by atoms with E-state index >= 15 is 0 Å². The van der Waals surface area contributed by atoms with E-state index in [1.165, 1.54) is 0 Å². The summed E-state index contributed by atoms with van der Waals surface area (Å²) in [6.07, 6.45) is -4.76. The molecule has 0 saturated heterocycles. The molecular weight excluding hydrogens is 323 g/mol. The molecule has 0 aliphatic rings. The molecule has 1 N–H and O–H groups in total. The van der Waals surface area contributed by atoms with Crippen molar-refractivity contribution in [2.75, 3.05) is 6.61 Å². The molecule has 0 aliphatic carbocycles. The standard InChI is InChI=1S/C14H15ClF3NO3/c1-13(2,3)19-10(20)7-22-12(21)11-8(14(16,17)18)5-4-6-9(11)15/h4-6H,7H2,1-3H3,(H,19,20). The van der Waals surface area contributed by atoms with Gasteiger partial charge in [0.05, 0.1) is 16.1 Å². The number of halogens is 4. The zero-order valence-electron chi connectivity index (χ0n) is 12.2. The SMILES string of the molecule is CC(C)(C)NC(=O)COC(=O)c1c(Cl)cccc1C(F)(F)F. The summed E-state index contributed by atoms with van der Waals surface area (Å²) >= 11 is 5.65. The van der Waals surface area contributed by atoms with Gasteiger partial charge < -0.3 is 10.1 Å². The van der Waals surface area contributed by atoms with Crippen LogP contribution < -0.4 is 5.32 Å². The second-order valence-corrected chi connectivity index (χ2v) is 5.94. The number of rotatable bonds is 3. The first-order chi connectivity index (χ1) is 9.92. The van der Waals surface area contributed by atoms with Gasteiger partial charge in [-0.1, -0.05) is 17.7 Å². The molecule has 0 bridgehead atoms. The quantitative estimate of drug-likeness (QED) is 0.860. The zero-order chi connectivity index (χ0) is 17.1. The number of esters is 1. The van der Waals surface area contributed by atoms with Gasteiger partial charge in [0.15, 0.2) is 6.61 Å². The van der Waals surface area contributed by atoms with E-state index in [9.17, 15) is 22.8 Å². The van der Waals surface area contributed by atoms with Crippen molar-refractivity contribution in [2.24, 2.45) is 0 Å². The summed E-state index contributed by atoms with van der Waals surface area (Å²) in [4.78, 5) is 23.3. The van der Waals surface area contributed by atoms with Gasteiger partial charge in [-0.05, 0) is 32.9 Å². The predicted molar refractivity (Wildman–Crippen MR) is 74.6 cm³/mol. The largest absolute Gasteiger partial charge is 0.452 e. The lowest BCUT2D eigenvalue weighted by molar-refractivity contribution is -0.138. The molecule has 0 aliphatic heterocycles. The van der Waals surface area contributed by atoms with Crippen molar-refractivity contribution in [2.45, 2.75) is 32.5 Å². The summed E-state index contributed by atoms with van der Waals surface area (Å²) < 4.78 is 43.2. The highest BCUT2D eigenvalue weighted by Crippen LogP contribution is 2.35. The Morgan fingerprint density at radius 3 is 2.32 bits per heavy atom. The van der Waals surface area contributed by atoms with Crippen LogP contribution in [0.3, 0.4) is 0 Å². The molecule has 0 saturated carbocycles. The number of ether oxygens (including phenoxy) is 1. The normalized spacial score (nSPS) is 12.0. The highest BCUT2D eigenvalue weighted by molar-refractivity contribution is 6.33. The van der Waals surface area contributed by atoms with Crippen LogP contribution in [0.1, 0.15) is 36.7 Å². The molecule has 1 amide bonds. The Kier molecular flexibility index (Phi) is 5.45. The first kappa shape index (κ1) is 18.3. The van der Waals surface area contributed by atoms with Gasteiger partial charge in [-0.15, -0.1) is 0 Å². The van der Waals surface area contributed by atoms with Crippen LogP contribution >= 0.6 is 11.6 Å². The van der Waals surface area contributed by atoms with Crippen LogP contribution in [-0.2, 0) is 15.7 Å². The first-order valence-electron chi connectivity index (χ1n) is 6.25. The summed E-state index contributed by atoms with van der Waals surface area (Å²) in [5.74, 6) is -1.93. The van der Waals surface area contributed by atoms with Crippen molar-refractivity contribution >= 4 is 23.5 Å². The summed E-state index contributed by atoms with van der Waals surface area (Å²) in [6.45, 7) is 4.44. The molecule has 0 spiro atoms. The van der Waals surface area contributed by atoms with Crippen molar-refractivity contribution in [3.05, 3.63) is 34.3 Å². The van der Waals surface area contributed by atoms with Gasteiger partial charge in [0, 0.05) is 5.54 Å². The molecule has 0 atom stereocenters. The molecule has 1 aromatic rings. The van der Waals surface area contributed by atoms with Gasteiger partial charge in [-0.2, -0.15) is 13.2 Å². The van der Waals surface area contributed by atoms with Crippen LogP contribution in [0.15, 0.2) is 18.2 Å². The topological polar surface area (TPSA) is 55.4 Å². The minimum absolute atomic E-state index is 0.393. The molecular formula is C14H15ClF3NO3. The fourth-order valence-corrected chi connectivity index (χ4v) is 1.88. The fraction of sp³-hybridized carbons (Fsp3) is 0.429. The minimum Gasteiger partial charge on any atom is -0.452 e. The van der Waals surface area contributed by atoms with Gasteiger partial charge in [0.1, 0.15) is 0 Å². The second-order valence-electron chi connectivity index (χ2n) is 5.53. The van der Waals surface area contributed by atoms with Crippen molar-refractivity contribution < 1.29 is 27.5 Å². The molecule has 0 unspecified atom stereocenters. The Morgan fingerprint density at radius 1 is 1.23 bits per heavy atom. The molecule has 122 valence electrons. The maximum Gasteiger partial charge on any atom is 0.417 e. The van der Waals surface area contributed by atoms with Gasteiger partial charge in [-0.3, -0.25) is 4.79 Å². The molecule has 1 rings (SSSR count). The fourth-order valence-electron chi connectivity index (χ4n) is 1.63. The Morgan fingerprint density at radius 2 is 1.82 bits per heavy atom. The van der Waals surface area contributed by atoms with E-state index in [-0.39, 0.29) is 0 Å². The lowest BCUT2D eigenvalue weighted by Crippen LogP contribution is -2.42. The van der Waals surface area contributed by atoms with Crippen LogP contribution in [0.2, 0.25) is 5.02 Å². The Balaban J connectivity index is 2.89. The molecule has 22 heavy (non-hydrogen) atoms. The molecule has 0 fully saturated rings. The van der Waals surface area contributed by atoms with E-state index in [2.05, 4.69) is 10.1 Å². The monoisotopic (exact) mass is 337 g/mol. The third-order valence-corrected chi connectivity index (χ3v) is 2.69. The number of hydrogen-bond donors (Lipinski definition) is 1. The predicted octanol–water partition coefficient (Wildman–Crippen LogP) is 3.43. The molecule has 4 nitrogen and oxygen atoms in total. The van der Waals surface area contributed by atoms with E-state index in [0.717, 1.165) is 18.2 Å². The number of carbonyl (C=O) groups is 2. The average molecular weight is 338 g/mol. The maximum absolute atomic E-state index is 12.9. The summed E-state index contributed by atoms with van der Waals surface area (Å²) in [5, 5.41) is 2.12. The van der Waals surface area contributed by atoms with Crippen molar-refractivity contribution in [1.82, 2.24) is 5.32 Å². The molecule has 0 aromatic heterocycles. The van der Waals surface area contributed by atoms with E-state index in [1.54, 1.807) is 20.8 Å². The number of benzene rings is 1. The van der Waals surface area contributed by atoms with Gasteiger partial charge in [0.2, 0.25) is 0 Å². The summed E-state index contributed by atoms with van der Waals surface area (Å²) in [5.41, 5.74) is -2.56. The highest BCUT2D eigenvalue weighted by Gasteiger charge is 2.37. The summed E-state index contributed by atoms with van der Waals surface area (Å²) in [7, 11) is 0. The van der Waals surface area contributed by atoms with Crippen LogP contribution in [0, 0.1) is 0 Å². The number of carbonyl (C=O) groups excluding carboxylic acids is 2. The van der Waals surface area contributed by atoms with E-state index in [1.807, 2.05) is 0 Å². The Bertz CT molecular complexity index is 580. The van der Waals surface area contributed by atoms with E-state index in [0.29, 0.717) is 0 Å². The van der Waals surface area contributed by atoms with Crippen LogP contribution in [0.5, 0.6) is 0 Å². The van der Waals surface area contributed by atoms with Crippen molar-refractivity contribution in [3.63, 3.8) is 0 Å². The van der Waals surface area contributed by atoms with Crippen LogP contribution in [-0.4, -0.2) is 24.0 Å². The highest BCUT2D eigenvalue weighted by atomic mass is 35.5. The average Bonchev–Trinajstić information content (AvgIpc) is 2.32. The number of alkyl halides is 3. The Labute approximate surface area is 130 Å². The number of nitrogens with one attached hydrogen (secondary N) is 1. The number of hydrogen-bond acceptors (Lipinski definition) is 3.